The molecule has 19 heavy (non-hydrogen) atoms. The highest BCUT2D eigenvalue weighted by molar-refractivity contribution is 7.09. The van der Waals surface area contributed by atoms with Crippen molar-refractivity contribution in [1.29, 1.82) is 0 Å². The summed E-state index contributed by atoms with van der Waals surface area (Å²) in [4.78, 5) is 4.34. The summed E-state index contributed by atoms with van der Waals surface area (Å²) >= 11 is 1.72. The average Bonchev–Trinajstić information content (AvgIpc) is 2.93. The van der Waals surface area contributed by atoms with E-state index in [9.17, 15) is 0 Å². The number of thiazole rings is 1. The molecule has 0 fully saturated rings. The summed E-state index contributed by atoms with van der Waals surface area (Å²) in [5, 5.41) is 6.71. The fraction of sp³-hybridized carbons (Fsp3) is 0.400. The summed E-state index contributed by atoms with van der Waals surface area (Å²) in [6, 6.07) is 8.49. The predicted molar refractivity (Wildman–Crippen MR) is 79.4 cm³/mol. The van der Waals surface area contributed by atoms with Crippen molar-refractivity contribution >= 4 is 11.3 Å². The number of aromatic nitrogens is 1. The second-order valence-corrected chi connectivity index (χ2v) is 5.58. The molecule has 0 aliphatic carbocycles. The van der Waals surface area contributed by atoms with Crippen LogP contribution in [0.5, 0.6) is 0 Å². The Morgan fingerprint density at radius 3 is 2.95 bits per heavy atom. The Bertz CT molecular complexity index is 485. The van der Waals surface area contributed by atoms with Crippen molar-refractivity contribution in [3.8, 4) is 0 Å². The van der Waals surface area contributed by atoms with E-state index in [1.807, 2.05) is 11.6 Å². The lowest BCUT2D eigenvalue weighted by Gasteiger charge is -2.10. The van der Waals surface area contributed by atoms with Crippen molar-refractivity contribution in [2.24, 2.45) is 0 Å². The molecule has 0 spiro atoms. The Morgan fingerprint density at radius 1 is 1.37 bits per heavy atom. The first kappa shape index (κ1) is 14.2. The van der Waals surface area contributed by atoms with E-state index in [0.29, 0.717) is 12.5 Å². The van der Waals surface area contributed by atoms with Crippen LogP contribution in [0, 0.1) is 0 Å². The summed E-state index contributed by atoms with van der Waals surface area (Å²) in [6.45, 7) is 4.70. The van der Waals surface area contributed by atoms with Gasteiger partial charge in [0.05, 0.1) is 11.6 Å². The molecule has 3 nitrogen and oxygen atoms in total. The Labute approximate surface area is 118 Å². The number of methoxy groups -OCH3 is 1. The number of nitrogens with zero attached hydrogens (tertiary/aromatic N) is 1. The molecular weight excluding hydrogens is 256 g/mol. The molecule has 1 heterocycles. The van der Waals surface area contributed by atoms with Crippen LogP contribution in [0.2, 0.25) is 0 Å². The number of rotatable bonds is 7. The summed E-state index contributed by atoms with van der Waals surface area (Å²) in [6.07, 6.45) is 1.87. The van der Waals surface area contributed by atoms with E-state index in [-0.39, 0.29) is 0 Å². The molecule has 0 radical (unpaired) electrons. The van der Waals surface area contributed by atoms with Gasteiger partial charge in [0.1, 0.15) is 0 Å². The fourth-order valence-electron chi connectivity index (χ4n) is 1.99. The van der Waals surface area contributed by atoms with Crippen molar-refractivity contribution in [3.05, 3.63) is 52.0 Å². The molecule has 102 valence electrons. The lowest BCUT2D eigenvalue weighted by atomic mass is 10.1. The first-order chi connectivity index (χ1) is 9.29. The number of hydrogen-bond acceptors (Lipinski definition) is 4. The zero-order valence-electron chi connectivity index (χ0n) is 11.4. The third-order valence-corrected chi connectivity index (χ3v) is 3.96. The maximum absolute atomic E-state index is 5.15. The van der Waals surface area contributed by atoms with Gasteiger partial charge < -0.3 is 10.1 Å². The Hall–Kier alpha value is -1.23. The molecule has 0 saturated heterocycles. The zero-order valence-corrected chi connectivity index (χ0v) is 12.2. The van der Waals surface area contributed by atoms with E-state index in [1.54, 1.807) is 18.4 Å². The van der Waals surface area contributed by atoms with Crippen molar-refractivity contribution in [3.63, 3.8) is 0 Å². The van der Waals surface area contributed by atoms with Crippen LogP contribution >= 0.6 is 11.3 Å². The summed E-state index contributed by atoms with van der Waals surface area (Å²) < 4.78 is 5.15. The molecule has 1 aromatic heterocycles. The molecule has 0 aliphatic heterocycles. The Morgan fingerprint density at radius 2 is 2.21 bits per heavy atom. The maximum atomic E-state index is 5.15. The van der Waals surface area contributed by atoms with E-state index in [1.165, 1.54) is 16.1 Å². The molecule has 0 amide bonds. The molecule has 1 N–H and O–H groups in total. The number of hydrogen-bond donors (Lipinski definition) is 1. The van der Waals surface area contributed by atoms with Crippen molar-refractivity contribution in [2.75, 3.05) is 13.7 Å². The fourth-order valence-corrected chi connectivity index (χ4v) is 2.69. The van der Waals surface area contributed by atoms with Crippen LogP contribution in [-0.4, -0.2) is 18.6 Å². The third kappa shape index (κ3) is 4.42. The van der Waals surface area contributed by atoms with Crippen LogP contribution in [0.25, 0.3) is 0 Å². The van der Waals surface area contributed by atoms with Crippen LogP contribution in [0.3, 0.4) is 0 Å². The molecule has 1 aromatic carbocycles. The molecule has 1 atom stereocenters. The molecule has 2 aromatic rings. The quantitative estimate of drug-likeness (QED) is 0.843. The van der Waals surface area contributed by atoms with Crippen LogP contribution < -0.4 is 5.32 Å². The second kappa shape index (κ2) is 7.38. The molecule has 0 bridgehead atoms. The summed E-state index contributed by atoms with van der Waals surface area (Å²) in [5.74, 6) is 0.460. The van der Waals surface area contributed by atoms with Crippen LogP contribution in [0.15, 0.2) is 35.8 Å². The van der Waals surface area contributed by atoms with Gasteiger partial charge in [0.25, 0.3) is 0 Å². The molecule has 2 rings (SSSR count). The van der Waals surface area contributed by atoms with Gasteiger partial charge in [-0.15, -0.1) is 11.3 Å². The zero-order chi connectivity index (χ0) is 13.5. The van der Waals surface area contributed by atoms with Gasteiger partial charge in [-0.1, -0.05) is 31.2 Å². The molecular formula is C15H20N2OS. The van der Waals surface area contributed by atoms with E-state index in [4.69, 9.17) is 4.74 Å². The minimum Gasteiger partial charge on any atom is -0.380 e. The van der Waals surface area contributed by atoms with E-state index in [0.717, 1.165) is 13.1 Å². The van der Waals surface area contributed by atoms with Crippen molar-refractivity contribution < 1.29 is 4.74 Å². The monoisotopic (exact) mass is 276 g/mol. The lowest BCUT2D eigenvalue weighted by molar-refractivity contribution is 0.185. The van der Waals surface area contributed by atoms with Gasteiger partial charge in [-0.05, 0) is 11.1 Å². The second-order valence-electron chi connectivity index (χ2n) is 4.66. The topological polar surface area (TPSA) is 34.1 Å². The summed E-state index contributed by atoms with van der Waals surface area (Å²) in [7, 11) is 1.72. The van der Waals surface area contributed by atoms with Gasteiger partial charge in [-0.3, -0.25) is 0 Å². The predicted octanol–water partition coefficient (Wildman–Crippen LogP) is 3.18. The first-order valence-electron chi connectivity index (χ1n) is 6.46. The smallest absolute Gasteiger partial charge is 0.0965 e. The minimum absolute atomic E-state index is 0.460. The molecule has 0 aliphatic rings. The Balaban J connectivity index is 1.80. The number of benzene rings is 1. The SMILES string of the molecule is COCc1cccc(CNCC(C)c2nccs2)c1. The van der Waals surface area contributed by atoms with E-state index in [2.05, 4.69) is 41.5 Å². The van der Waals surface area contributed by atoms with Crippen LogP contribution in [-0.2, 0) is 17.9 Å². The Kier molecular flexibility index (Phi) is 5.51. The van der Waals surface area contributed by atoms with E-state index < -0.39 is 0 Å². The first-order valence-corrected chi connectivity index (χ1v) is 7.34. The minimum atomic E-state index is 0.460. The van der Waals surface area contributed by atoms with E-state index >= 15 is 0 Å². The highest BCUT2D eigenvalue weighted by Gasteiger charge is 2.07. The van der Waals surface area contributed by atoms with Crippen molar-refractivity contribution in [1.82, 2.24) is 10.3 Å². The number of ether oxygens (including phenoxy) is 1. The van der Waals surface area contributed by atoms with Gasteiger partial charge in [0, 0.05) is 37.7 Å². The summed E-state index contributed by atoms with van der Waals surface area (Å²) in [5.41, 5.74) is 2.51. The van der Waals surface area contributed by atoms with Gasteiger partial charge in [0.15, 0.2) is 0 Å². The van der Waals surface area contributed by atoms with Gasteiger partial charge in [-0.25, -0.2) is 4.98 Å². The standard InChI is InChI=1S/C15H20N2OS/c1-12(15-17-6-7-19-15)9-16-10-13-4-3-5-14(8-13)11-18-2/h3-8,12,16H,9-11H2,1-2H3. The number of nitrogens with one attached hydrogen (secondary N) is 1. The van der Waals surface area contributed by atoms with Crippen LogP contribution in [0.1, 0.15) is 29.0 Å². The third-order valence-electron chi connectivity index (χ3n) is 2.96. The van der Waals surface area contributed by atoms with Gasteiger partial charge >= 0.3 is 0 Å². The molecule has 4 heteroatoms. The average molecular weight is 276 g/mol. The van der Waals surface area contributed by atoms with Gasteiger partial charge in [-0.2, -0.15) is 0 Å². The van der Waals surface area contributed by atoms with Gasteiger partial charge in [0.2, 0.25) is 0 Å². The highest BCUT2D eigenvalue weighted by Crippen LogP contribution is 2.16. The highest BCUT2D eigenvalue weighted by atomic mass is 32.1. The maximum Gasteiger partial charge on any atom is 0.0965 e. The van der Waals surface area contributed by atoms with Crippen LogP contribution in [0.4, 0.5) is 0 Å². The molecule has 0 saturated carbocycles. The molecule has 1 unspecified atom stereocenters. The largest absolute Gasteiger partial charge is 0.380 e. The van der Waals surface area contributed by atoms with Crippen molar-refractivity contribution in [2.45, 2.75) is 26.0 Å². The lowest BCUT2D eigenvalue weighted by Crippen LogP contribution is -2.19. The normalized spacial score (nSPS) is 12.5.